The van der Waals surface area contributed by atoms with Crippen LogP contribution in [-0.4, -0.2) is 43.9 Å². The van der Waals surface area contributed by atoms with Gasteiger partial charge in [0.15, 0.2) is 5.13 Å². The van der Waals surface area contributed by atoms with Crippen molar-refractivity contribution in [2.45, 2.75) is 31.1 Å². The highest BCUT2D eigenvalue weighted by Crippen LogP contribution is 2.28. The number of nitrogens with zero attached hydrogens (tertiary/aromatic N) is 3. The van der Waals surface area contributed by atoms with Gasteiger partial charge in [-0.05, 0) is 35.7 Å². The third-order valence-electron chi connectivity index (χ3n) is 5.47. The van der Waals surface area contributed by atoms with Crippen molar-refractivity contribution < 1.29 is 8.42 Å². The minimum atomic E-state index is -3.64. The number of rotatable bonds is 7. The van der Waals surface area contributed by atoms with Crippen molar-refractivity contribution >= 4 is 49.7 Å². The second kappa shape index (κ2) is 10.1. The molecule has 1 aliphatic rings. The quantitative estimate of drug-likeness (QED) is 0.421. The molecular formula is C23H25Cl2N3O2S2. The van der Waals surface area contributed by atoms with Gasteiger partial charge in [-0.25, -0.2) is 13.4 Å². The Morgan fingerprint density at radius 3 is 2.22 bits per heavy atom. The first-order chi connectivity index (χ1) is 15.3. The predicted molar refractivity (Wildman–Crippen MR) is 133 cm³/mol. The van der Waals surface area contributed by atoms with E-state index in [0.29, 0.717) is 36.2 Å². The molecule has 4 rings (SSSR count). The molecule has 0 radical (unpaired) electrons. The molecule has 0 atom stereocenters. The molecule has 170 valence electrons. The first-order valence-corrected chi connectivity index (χ1v) is 13.7. The fourth-order valence-corrected chi connectivity index (χ4v) is 6.82. The van der Waals surface area contributed by atoms with E-state index < -0.39 is 10.0 Å². The van der Waals surface area contributed by atoms with Crippen LogP contribution in [0, 0.1) is 0 Å². The Bertz CT molecular complexity index is 1150. The van der Waals surface area contributed by atoms with E-state index >= 15 is 0 Å². The average Bonchev–Trinajstić information content (AvgIpc) is 3.23. The molecule has 2 heterocycles. The summed E-state index contributed by atoms with van der Waals surface area (Å²) in [6.07, 6.45) is 3.05. The molecule has 0 N–H and O–H groups in total. The van der Waals surface area contributed by atoms with Crippen molar-refractivity contribution in [3.8, 4) is 0 Å². The molecule has 2 aromatic carbocycles. The van der Waals surface area contributed by atoms with Crippen LogP contribution in [-0.2, 0) is 22.9 Å². The molecule has 0 unspecified atom stereocenters. The molecule has 0 amide bonds. The molecule has 0 saturated carbocycles. The number of hydrogen-bond acceptors (Lipinski definition) is 5. The molecule has 1 aliphatic heterocycles. The van der Waals surface area contributed by atoms with Crippen LogP contribution in [0.5, 0.6) is 0 Å². The number of anilines is 1. The number of piperazine rings is 1. The number of halogens is 2. The van der Waals surface area contributed by atoms with Crippen LogP contribution in [0.2, 0.25) is 10.0 Å². The zero-order valence-corrected chi connectivity index (χ0v) is 20.9. The fraction of sp³-hybridized carbons (Fsp3) is 0.348. The maximum absolute atomic E-state index is 13.0. The molecule has 0 aliphatic carbocycles. The highest BCUT2D eigenvalue weighted by molar-refractivity contribution is 7.89. The van der Waals surface area contributed by atoms with E-state index in [4.69, 9.17) is 28.2 Å². The summed E-state index contributed by atoms with van der Waals surface area (Å²) >= 11 is 13.6. The SMILES string of the molecule is CCCc1ccc(Cc2csc(N3CCN(S(=O)(=O)c4cc(Cl)cc(Cl)c4)CC3)n2)cc1. The van der Waals surface area contributed by atoms with Gasteiger partial charge in [0.25, 0.3) is 0 Å². The number of aryl methyl sites for hydroxylation is 1. The van der Waals surface area contributed by atoms with Crippen molar-refractivity contribution in [1.29, 1.82) is 0 Å². The van der Waals surface area contributed by atoms with Gasteiger partial charge in [0.05, 0.1) is 10.6 Å². The second-order valence-corrected chi connectivity index (χ2v) is 11.5. The minimum Gasteiger partial charge on any atom is -0.345 e. The zero-order chi connectivity index (χ0) is 22.7. The lowest BCUT2D eigenvalue weighted by Crippen LogP contribution is -2.48. The molecule has 32 heavy (non-hydrogen) atoms. The minimum absolute atomic E-state index is 0.130. The van der Waals surface area contributed by atoms with Crippen LogP contribution < -0.4 is 4.90 Å². The summed E-state index contributed by atoms with van der Waals surface area (Å²) < 4.78 is 27.5. The second-order valence-electron chi connectivity index (χ2n) is 7.86. The van der Waals surface area contributed by atoms with Crippen LogP contribution in [0.1, 0.15) is 30.2 Å². The van der Waals surface area contributed by atoms with E-state index in [2.05, 4.69) is 41.5 Å². The summed E-state index contributed by atoms with van der Waals surface area (Å²) in [5, 5.41) is 3.65. The molecule has 1 fully saturated rings. The smallest absolute Gasteiger partial charge is 0.243 e. The summed E-state index contributed by atoms with van der Waals surface area (Å²) in [4.78, 5) is 7.08. The normalized spacial score (nSPS) is 15.3. The van der Waals surface area contributed by atoms with E-state index in [9.17, 15) is 8.42 Å². The summed E-state index contributed by atoms with van der Waals surface area (Å²) in [6.45, 7) is 4.14. The summed E-state index contributed by atoms with van der Waals surface area (Å²) in [6, 6.07) is 13.1. The van der Waals surface area contributed by atoms with Gasteiger partial charge >= 0.3 is 0 Å². The van der Waals surface area contributed by atoms with Crippen molar-refractivity contribution in [3.63, 3.8) is 0 Å². The molecule has 0 spiro atoms. The Morgan fingerprint density at radius 1 is 0.969 bits per heavy atom. The largest absolute Gasteiger partial charge is 0.345 e. The summed E-state index contributed by atoms with van der Waals surface area (Å²) in [7, 11) is -3.64. The Hall–Kier alpha value is -1.64. The number of hydrogen-bond donors (Lipinski definition) is 0. The summed E-state index contributed by atoms with van der Waals surface area (Å²) in [5.74, 6) is 0. The topological polar surface area (TPSA) is 53.5 Å². The molecule has 1 aromatic heterocycles. The van der Waals surface area contributed by atoms with Crippen molar-refractivity contribution in [1.82, 2.24) is 9.29 Å². The lowest BCUT2D eigenvalue weighted by atomic mass is 10.1. The average molecular weight is 511 g/mol. The Labute approximate surface area is 203 Å². The van der Waals surface area contributed by atoms with Crippen molar-refractivity contribution in [2.75, 3.05) is 31.1 Å². The zero-order valence-electron chi connectivity index (χ0n) is 17.8. The van der Waals surface area contributed by atoms with E-state index in [0.717, 1.165) is 30.1 Å². The maximum atomic E-state index is 13.0. The molecule has 5 nitrogen and oxygen atoms in total. The molecule has 0 bridgehead atoms. The Balaban J connectivity index is 1.38. The maximum Gasteiger partial charge on any atom is 0.243 e. The van der Waals surface area contributed by atoms with Gasteiger partial charge in [-0.2, -0.15) is 4.31 Å². The molecule has 3 aromatic rings. The number of aromatic nitrogens is 1. The molecule has 9 heteroatoms. The van der Waals surface area contributed by atoms with E-state index in [1.54, 1.807) is 11.3 Å². The van der Waals surface area contributed by atoms with Gasteiger partial charge in [0, 0.05) is 48.0 Å². The van der Waals surface area contributed by atoms with Gasteiger partial charge in [0.2, 0.25) is 10.0 Å². The van der Waals surface area contributed by atoms with Crippen LogP contribution in [0.15, 0.2) is 52.7 Å². The first kappa shape index (κ1) is 23.5. The number of thiazole rings is 1. The van der Waals surface area contributed by atoms with Crippen LogP contribution >= 0.6 is 34.5 Å². The molecule has 1 saturated heterocycles. The third-order valence-corrected chi connectivity index (χ3v) is 8.73. The van der Waals surface area contributed by atoms with Crippen molar-refractivity contribution in [2.24, 2.45) is 0 Å². The highest BCUT2D eigenvalue weighted by atomic mass is 35.5. The Morgan fingerprint density at radius 2 is 1.59 bits per heavy atom. The van der Waals surface area contributed by atoms with Gasteiger partial charge in [-0.15, -0.1) is 11.3 Å². The van der Waals surface area contributed by atoms with E-state index in [-0.39, 0.29) is 4.90 Å². The van der Waals surface area contributed by atoms with Crippen molar-refractivity contribution in [3.05, 3.63) is 74.7 Å². The highest BCUT2D eigenvalue weighted by Gasteiger charge is 2.30. The lowest BCUT2D eigenvalue weighted by Gasteiger charge is -2.33. The fourth-order valence-electron chi connectivity index (χ4n) is 3.79. The van der Waals surface area contributed by atoms with Crippen LogP contribution in [0.3, 0.4) is 0 Å². The third kappa shape index (κ3) is 5.46. The van der Waals surface area contributed by atoms with E-state index in [1.807, 2.05) is 0 Å². The van der Waals surface area contributed by atoms with Gasteiger partial charge in [-0.3, -0.25) is 0 Å². The van der Waals surface area contributed by atoms with Gasteiger partial charge in [-0.1, -0.05) is 60.8 Å². The first-order valence-electron chi connectivity index (χ1n) is 10.6. The standard InChI is InChI=1S/C23H25Cl2N3O2S2/c1-2-3-17-4-6-18(7-5-17)12-21-16-31-23(26-21)27-8-10-28(11-9-27)32(29,30)22-14-19(24)13-20(25)15-22/h4-7,13-16H,2-3,8-12H2,1H3. The number of sulfonamides is 1. The van der Waals surface area contributed by atoms with Crippen LogP contribution in [0.4, 0.5) is 5.13 Å². The molecular weight excluding hydrogens is 485 g/mol. The summed E-state index contributed by atoms with van der Waals surface area (Å²) in [5.41, 5.74) is 3.65. The van der Waals surface area contributed by atoms with Gasteiger partial charge in [0.1, 0.15) is 0 Å². The Kier molecular flexibility index (Phi) is 7.42. The predicted octanol–water partition coefficient (Wildman–Crippen LogP) is 5.50. The van der Waals surface area contributed by atoms with E-state index in [1.165, 1.54) is 33.6 Å². The monoisotopic (exact) mass is 509 g/mol. The number of benzene rings is 2. The van der Waals surface area contributed by atoms with Gasteiger partial charge < -0.3 is 4.90 Å². The lowest BCUT2D eigenvalue weighted by molar-refractivity contribution is 0.384. The van der Waals surface area contributed by atoms with Crippen LogP contribution in [0.25, 0.3) is 0 Å².